The number of ether oxygens (including phenoxy) is 3. The van der Waals surface area contributed by atoms with Crippen LogP contribution in [-0.2, 0) is 11.3 Å². The summed E-state index contributed by atoms with van der Waals surface area (Å²) in [5, 5.41) is 5.97. The van der Waals surface area contributed by atoms with Crippen LogP contribution < -0.4 is 24.8 Å². The number of rotatable bonds is 8. The van der Waals surface area contributed by atoms with Crippen LogP contribution in [0.25, 0.3) is 0 Å². The highest BCUT2D eigenvalue weighted by atomic mass is 16.5. The van der Waals surface area contributed by atoms with Crippen LogP contribution in [-0.4, -0.2) is 33.8 Å². The highest BCUT2D eigenvalue weighted by molar-refractivity contribution is 5.81. The number of carbonyl (C=O) groups is 1. The summed E-state index contributed by atoms with van der Waals surface area (Å²) in [6, 6.07) is 11.5. The first kappa shape index (κ1) is 18.4. The molecule has 0 saturated heterocycles. The van der Waals surface area contributed by atoms with E-state index in [1.165, 1.54) is 0 Å². The van der Waals surface area contributed by atoms with Gasteiger partial charge in [-0.2, -0.15) is 0 Å². The molecule has 2 rings (SSSR count). The second-order valence-corrected chi connectivity index (χ2v) is 5.47. The lowest BCUT2D eigenvalue weighted by Crippen LogP contribution is -2.29. The maximum Gasteiger partial charge on any atom is 0.239 e. The number of hydrogen-bond acceptors (Lipinski definition) is 5. The van der Waals surface area contributed by atoms with Crippen LogP contribution in [0.2, 0.25) is 0 Å². The molecule has 0 aliphatic rings. The van der Waals surface area contributed by atoms with Gasteiger partial charge < -0.3 is 24.8 Å². The zero-order valence-electron chi connectivity index (χ0n) is 15.0. The van der Waals surface area contributed by atoms with E-state index in [0.717, 1.165) is 11.1 Å². The third kappa shape index (κ3) is 4.79. The quantitative estimate of drug-likeness (QED) is 0.771. The van der Waals surface area contributed by atoms with Gasteiger partial charge in [-0.15, -0.1) is 0 Å². The highest BCUT2D eigenvalue weighted by Crippen LogP contribution is 2.39. The van der Waals surface area contributed by atoms with E-state index < -0.39 is 0 Å². The minimum absolute atomic E-state index is 0.1000. The van der Waals surface area contributed by atoms with E-state index in [9.17, 15) is 4.79 Å². The normalized spacial score (nSPS) is 10.1. The molecule has 0 radical (unpaired) electrons. The van der Waals surface area contributed by atoms with Gasteiger partial charge in [0.2, 0.25) is 11.7 Å². The van der Waals surface area contributed by atoms with Crippen molar-refractivity contribution in [3.05, 3.63) is 47.5 Å². The molecule has 1 amide bonds. The number of amides is 1. The fourth-order valence-corrected chi connectivity index (χ4v) is 2.43. The third-order valence-electron chi connectivity index (χ3n) is 3.86. The zero-order chi connectivity index (χ0) is 18.2. The van der Waals surface area contributed by atoms with Crippen molar-refractivity contribution in [2.75, 3.05) is 33.2 Å². The summed E-state index contributed by atoms with van der Waals surface area (Å²) in [6.45, 7) is 2.67. The van der Waals surface area contributed by atoms with Crippen LogP contribution >= 0.6 is 0 Å². The van der Waals surface area contributed by atoms with Gasteiger partial charge in [-0.3, -0.25) is 4.79 Å². The van der Waals surface area contributed by atoms with Crippen molar-refractivity contribution < 1.29 is 19.0 Å². The van der Waals surface area contributed by atoms with E-state index in [-0.39, 0.29) is 12.5 Å². The Morgan fingerprint density at radius 1 is 1.00 bits per heavy atom. The fourth-order valence-electron chi connectivity index (χ4n) is 2.43. The molecule has 25 heavy (non-hydrogen) atoms. The molecule has 6 nitrogen and oxygen atoms in total. The van der Waals surface area contributed by atoms with E-state index in [0.29, 0.717) is 29.5 Å². The first-order valence-electron chi connectivity index (χ1n) is 7.94. The molecule has 2 N–H and O–H groups in total. The van der Waals surface area contributed by atoms with Gasteiger partial charge in [-0.25, -0.2) is 0 Å². The monoisotopic (exact) mass is 344 g/mol. The van der Waals surface area contributed by atoms with Gasteiger partial charge in [0.05, 0.1) is 27.9 Å². The molecule has 0 atom stereocenters. The molecule has 2 aromatic rings. The van der Waals surface area contributed by atoms with Crippen LogP contribution in [0.1, 0.15) is 11.1 Å². The third-order valence-corrected chi connectivity index (χ3v) is 3.86. The van der Waals surface area contributed by atoms with Gasteiger partial charge in [0.15, 0.2) is 11.5 Å². The summed E-state index contributed by atoms with van der Waals surface area (Å²) in [7, 11) is 4.65. The lowest BCUT2D eigenvalue weighted by Gasteiger charge is -2.15. The minimum atomic E-state index is -0.1000. The van der Waals surface area contributed by atoms with Gasteiger partial charge >= 0.3 is 0 Å². The molecule has 0 spiro atoms. The van der Waals surface area contributed by atoms with E-state index in [1.807, 2.05) is 31.2 Å². The summed E-state index contributed by atoms with van der Waals surface area (Å²) in [6.07, 6.45) is 0. The number of aryl methyl sites for hydroxylation is 1. The predicted molar refractivity (Wildman–Crippen MR) is 97.6 cm³/mol. The molecule has 0 fully saturated rings. The van der Waals surface area contributed by atoms with Crippen molar-refractivity contribution >= 4 is 11.6 Å². The molecule has 6 heteroatoms. The van der Waals surface area contributed by atoms with Gasteiger partial charge in [-0.1, -0.05) is 24.3 Å². The average Bonchev–Trinajstić information content (AvgIpc) is 2.64. The van der Waals surface area contributed by atoms with E-state index >= 15 is 0 Å². The second-order valence-electron chi connectivity index (χ2n) is 5.47. The fraction of sp³-hybridized carbons (Fsp3) is 0.316. The van der Waals surface area contributed by atoms with Crippen LogP contribution in [0, 0.1) is 6.92 Å². The molecule has 134 valence electrons. The molecule has 0 heterocycles. The number of carbonyl (C=O) groups excluding carboxylic acids is 1. The van der Waals surface area contributed by atoms with Crippen molar-refractivity contribution in [1.29, 1.82) is 0 Å². The Kier molecular flexibility index (Phi) is 6.51. The van der Waals surface area contributed by atoms with Crippen LogP contribution in [0.15, 0.2) is 36.4 Å². The lowest BCUT2D eigenvalue weighted by atomic mass is 10.1. The van der Waals surface area contributed by atoms with Crippen molar-refractivity contribution in [3.8, 4) is 17.2 Å². The first-order valence-corrected chi connectivity index (χ1v) is 7.94. The van der Waals surface area contributed by atoms with Crippen LogP contribution in [0.4, 0.5) is 5.69 Å². The Hall–Kier alpha value is -2.89. The summed E-state index contributed by atoms with van der Waals surface area (Å²) >= 11 is 0. The Bertz CT molecular complexity index is 706. The SMILES string of the molecule is COc1cc(NCC(=O)NCc2ccccc2C)cc(OC)c1OC. The number of nitrogens with one attached hydrogen (secondary N) is 2. The second kappa shape index (κ2) is 8.82. The molecule has 0 unspecified atom stereocenters. The van der Waals surface area contributed by atoms with E-state index in [2.05, 4.69) is 10.6 Å². The molecule has 0 aliphatic carbocycles. The minimum Gasteiger partial charge on any atom is -0.493 e. The largest absolute Gasteiger partial charge is 0.493 e. The number of methoxy groups -OCH3 is 3. The van der Waals surface area contributed by atoms with E-state index in [1.54, 1.807) is 33.5 Å². The summed E-state index contributed by atoms with van der Waals surface area (Å²) < 4.78 is 15.9. The smallest absolute Gasteiger partial charge is 0.239 e. The molecule has 0 bridgehead atoms. The number of benzene rings is 2. The number of hydrogen-bond donors (Lipinski definition) is 2. The van der Waals surface area contributed by atoms with Gasteiger partial charge in [-0.05, 0) is 18.1 Å². The Labute approximate surface area is 148 Å². The summed E-state index contributed by atoms with van der Waals surface area (Å²) in [5.41, 5.74) is 2.96. The maximum atomic E-state index is 12.1. The molecule has 0 saturated carbocycles. The van der Waals surface area contributed by atoms with Crippen molar-refractivity contribution in [3.63, 3.8) is 0 Å². The van der Waals surface area contributed by atoms with Crippen LogP contribution in [0.5, 0.6) is 17.2 Å². The summed E-state index contributed by atoms with van der Waals surface area (Å²) in [5.74, 6) is 1.48. The average molecular weight is 344 g/mol. The van der Waals surface area contributed by atoms with Crippen LogP contribution in [0.3, 0.4) is 0 Å². The van der Waals surface area contributed by atoms with Crippen molar-refractivity contribution in [1.82, 2.24) is 5.32 Å². The highest BCUT2D eigenvalue weighted by Gasteiger charge is 2.13. The maximum absolute atomic E-state index is 12.1. The topological polar surface area (TPSA) is 68.8 Å². The molecule has 0 aromatic heterocycles. The van der Waals surface area contributed by atoms with Gasteiger partial charge in [0.25, 0.3) is 0 Å². The first-order chi connectivity index (χ1) is 12.1. The van der Waals surface area contributed by atoms with Gasteiger partial charge in [0, 0.05) is 24.4 Å². The zero-order valence-corrected chi connectivity index (χ0v) is 15.0. The Balaban J connectivity index is 1.96. The number of anilines is 1. The molecule has 0 aliphatic heterocycles. The molecule has 2 aromatic carbocycles. The Morgan fingerprint density at radius 2 is 1.64 bits per heavy atom. The Morgan fingerprint density at radius 3 is 2.20 bits per heavy atom. The standard InChI is InChI=1S/C19H24N2O4/c1-13-7-5-6-8-14(13)11-21-18(22)12-20-15-9-16(23-2)19(25-4)17(10-15)24-3/h5-10,20H,11-12H2,1-4H3,(H,21,22). The van der Waals surface area contributed by atoms with Crippen molar-refractivity contribution in [2.24, 2.45) is 0 Å². The lowest BCUT2D eigenvalue weighted by molar-refractivity contribution is -0.119. The predicted octanol–water partition coefficient (Wildman–Crippen LogP) is 2.75. The van der Waals surface area contributed by atoms with Gasteiger partial charge in [0.1, 0.15) is 0 Å². The summed E-state index contributed by atoms with van der Waals surface area (Å²) in [4.78, 5) is 12.1. The molecular formula is C19H24N2O4. The molecular weight excluding hydrogens is 320 g/mol. The van der Waals surface area contributed by atoms with E-state index in [4.69, 9.17) is 14.2 Å². The van der Waals surface area contributed by atoms with Crippen molar-refractivity contribution in [2.45, 2.75) is 13.5 Å².